The molecular formula is C54H66ClFIN5O7S. The normalized spacial score (nSPS) is 22.7. The molecule has 0 radical (unpaired) electrons. The summed E-state index contributed by atoms with van der Waals surface area (Å²) in [4.78, 5) is 23.9. The number of rotatable bonds is 17. The number of carbonyl (C=O) groups excluding carboxylic acids is 1. The second-order valence-corrected chi connectivity index (χ2v) is 23.8. The van der Waals surface area contributed by atoms with Crippen LogP contribution in [0.25, 0.3) is 0 Å². The molecule has 0 saturated carbocycles. The SMILES string of the molecule is COc1ccc(CN(Cc2ccc(OC)cc2)S(=O)(=O)[C@H](C)[C@@H](C)C/C=C(\F)C(C(=O)N(C)CCN2CCOCC2)N2CCC[C@]23c2cc(Cl)cc4c2[C@]2(CCC4)COc4ccc(I)cc4N3C2)cc1. The van der Waals surface area contributed by atoms with Crippen LogP contribution in [-0.2, 0) is 50.1 Å². The van der Waals surface area contributed by atoms with E-state index in [1.165, 1.54) is 21.5 Å². The van der Waals surface area contributed by atoms with E-state index in [0.29, 0.717) is 75.4 Å². The van der Waals surface area contributed by atoms with Crippen molar-refractivity contribution in [3.05, 3.63) is 127 Å². The fourth-order valence-corrected chi connectivity index (χ4v) is 14.2. The topological polar surface area (TPSA) is 104 Å². The Labute approximate surface area is 432 Å². The number of allylic oxidation sites excluding steroid dienone is 1. The summed E-state index contributed by atoms with van der Waals surface area (Å²) in [5.74, 6) is 0.659. The van der Waals surface area contributed by atoms with Gasteiger partial charge in [0, 0.05) is 73.4 Å². The number of likely N-dealkylation sites (N-methyl/N-ethyl adjacent to an activating group) is 1. The summed E-state index contributed by atoms with van der Waals surface area (Å²) >= 11 is 9.46. The zero-order valence-corrected chi connectivity index (χ0v) is 44.7. The average Bonchev–Trinajstić information content (AvgIpc) is 3.74. The summed E-state index contributed by atoms with van der Waals surface area (Å²) in [7, 11) is 0.976. The van der Waals surface area contributed by atoms with Crippen LogP contribution >= 0.6 is 34.2 Å². The quantitative estimate of drug-likeness (QED) is 0.0952. The van der Waals surface area contributed by atoms with E-state index in [1.54, 1.807) is 33.1 Å². The van der Waals surface area contributed by atoms with Crippen LogP contribution in [0.3, 0.4) is 0 Å². The molecule has 4 aliphatic heterocycles. The number of ether oxygens (including phenoxy) is 4. The highest BCUT2D eigenvalue weighted by Crippen LogP contribution is 2.59. The van der Waals surface area contributed by atoms with Gasteiger partial charge in [-0.3, -0.25) is 14.6 Å². The number of benzene rings is 4. The second-order valence-electron chi connectivity index (χ2n) is 19.9. The van der Waals surface area contributed by atoms with E-state index in [0.717, 1.165) is 64.0 Å². The van der Waals surface area contributed by atoms with Gasteiger partial charge in [-0.25, -0.2) is 12.8 Å². The molecule has 2 saturated heterocycles. The number of methoxy groups -OCH3 is 2. The summed E-state index contributed by atoms with van der Waals surface area (Å²) in [6, 6.07) is 23.9. The van der Waals surface area contributed by atoms with E-state index < -0.39 is 38.7 Å². The number of morpholine rings is 1. The lowest BCUT2D eigenvalue weighted by molar-refractivity contribution is -0.137. The fourth-order valence-electron chi connectivity index (χ4n) is 11.6. The van der Waals surface area contributed by atoms with Crippen LogP contribution in [-0.4, -0.2) is 125 Å². The van der Waals surface area contributed by atoms with Gasteiger partial charge in [-0.1, -0.05) is 48.9 Å². The maximum absolute atomic E-state index is 18.2. The van der Waals surface area contributed by atoms with Crippen molar-refractivity contribution in [3.63, 3.8) is 0 Å². The molecule has 5 atom stereocenters. The van der Waals surface area contributed by atoms with Crippen molar-refractivity contribution in [2.45, 2.75) is 87.8 Å². The second kappa shape index (κ2) is 21.2. The highest BCUT2D eigenvalue weighted by Gasteiger charge is 2.61. The molecule has 1 amide bonds. The van der Waals surface area contributed by atoms with Crippen LogP contribution in [0.4, 0.5) is 10.1 Å². The van der Waals surface area contributed by atoms with Crippen molar-refractivity contribution in [1.29, 1.82) is 0 Å². The zero-order chi connectivity index (χ0) is 49.4. The molecule has 2 spiro atoms. The van der Waals surface area contributed by atoms with Crippen molar-refractivity contribution < 1.29 is 36.6 Å². The van der Waals surface area contributed by atoms with Gasteiger partial charge in [-0.15, -0.1) is 0 Å². The lowest BCUT2D eigenvalue weighted by Gasteiger charge is -2.58. The Balaban J connectivity index is 1.08. The third-order valence-corrected chi connectivity index (χ3v) is 18.9. The Hall–Kier alpha value is -3.97. The van der Waals surface area contributed by atoms with Gasteiger partial charge in [0.1, 0.15) is 34.8 Å². The summed E-state index contributed by atoms with van der Waals surface area (Å²) < 4.78 is 73.6. The van der Waals surface area contributed by atoms with Crippen LogP contribution in [0.2, 0.25) is 5.02 Å². The first-order valence-corrected chi connectivity index (χ1v) is 27.6. The smallest absolute Gasteiger partial charge is 0.246 e. The van der Waals surface area contributed by atoms with Crippen molar-refractivity contribution in [2.75, 3.05) is 85.3 Å². The molecule has 4 heterocycles. The number of carbonyl (C=O) groups is 1. The number of nitrogens with zero attached hydrogens (tertiary/aromatic N) is 5. The highest BCUT2D eigenvalue weighted by molar-refractivity contribution is 14.1. The summed E-state index contributed by atoms with van der Waals surface area (Å²) in [5.41, 5.74) is 4.70. The molecule has 0 aromatic heterocycles. The molecule has 1 aliphatic carbocycles. The Morgan fingerprint density at radius 1 is 0.929 bits per heavy atom. The Morgan fingerprint density at radius 3 is 2.26 bits per heavy atom. The van der Waals surface area contributed by atoms with Gasteiger partial charge in [0.25, 0.3) is 0 Å². The Bertz CT molecular complexity index is 2620. The van der Waals surface area contributed by atoms with Crippen molar-refractivity contribution >= 4 is 55.8 Å². The number of aryl methyl sites for hydroxylation is 1. The number of halogens is 3. The van der Waals surface area contributed by atoms with Crippen LogP contribution in [0.1, 0.15) is 73.8 Å². The van der Waals surface area contributed by atoms with Crippen LogP contribution in [0, 0.1) is 9.49 Å². The molecule has 9 rings (SSSR count). The minimum absolute atomic E-state index is 0.0848. The van der Waals surface area contributed by atoms with Gasteiger partial charge in [-0.05, 0) is 156 Å². The van der Waals surface area contributed by atoms with Crippen molar-refractivity contribution in [2.24, 2.45) is 5.92 Å². The molecular weight excluding hydrogens is 1040 g/mol. The minimum atomic E-state index is -3.98. The molecule has 4 aromatic rings. The number of anilines is 1. The van der Waals surface area contributed by atoms with Gasteiger partial charge >= 0.3 is 0 Å². The first kappa shape index (κ1) is 51.0. The Kier molecular flexibility index (Phi) is 15.5. The van der Waals surface area contributed by atoms with Gasteiger partial charge < -0.3 is 28.7 Å². The maximum Gasteiger partial charge on any atom is 0.246 e. The molecule has 16 heteroatoms. The van der Waals surface area contributed by atoms with E-state index in [1.807, 2.05) is 61.5 Å². The molecule has 12 nitrogen and oxygen atoms in total. The standard InChI is InChI=1S/C54H66ClFIN5O7S/c1-37(38(2)70(64,65)60(33-39-10-15-44(66-4)16-11-39)34-40-12-17-45(67-5)18-13-40)9-19-47(56)51(52(63)58(3)24-25-59-26-28-68-29-27-59)61-23-7-22-54(61)46-31-42(55)30-41-8-6-21-53(50(41)46)35-62(54)48-32-43(57)14-20-49(48)69-36-53/h10-20,30-32,37-38,51H,6-9,21-29,33-36H2,1-5H3/b47-19-/t37-,38+,51?,53-,54-/m0/s1. The van der Waals surface area contributed by atoms with Gasteiger partial charge in [0.15, 0.2) is 0 Å². The first-order chi connectivity index (χ1) is 33.7. The van der Waals surface area contributed by atoms with E-state index in [9.17, 15) is 8.42 Å². The lowest BCUT2D eigenvalue weighted by atomic mass is 9.63. The lowest BCUT2D eigenvalue weighted by Crippen LogP contribution is -2.67. The monoisotopic (exact) mass is 1110 g/mol. The number of sulfonamides is 1. The predicted octanol–water partition coefficient (Wildman–Crippen LogP) is 9.16. The van der Waals surface area contributed by atoms with Crippen molar-refractivity contribution in [3.8, 4) is 17.2 Å². The highest BCUT2D eigenvalue weighted by atomic mass is 127. The van der Waals surface area contributed by atoms with Crippen molar-refractivity contribution in [1.82, 2.24) is 19.0 Å². The third-order valence-electron chi connectivity index (χ3n) is 15.7. The van der Waals surface area contributed by atoms with E-state index in [4.69, 9.17) is 30.5 Å². The first-order valence-electron chi connectivity index (χ1n) is 24.6. The molecule has 70 heavy (non-hydrogen) atoms. The van der Waals surface area contributed by atoms with Crippen LogP contribution in [0.15, 0.2) is 90.8 Å². The number of hydrogen-bond donors (Lipinski definition) is 0. The molecule has 2 fully saturated rings. The minimum Gasteiger partial charge on any atom is -0.497 e. The van der Waals surface area contributed by atoms with E-state index in [2.05, 4.69) is 61.6 Å². The number of fused-ring (bicyclic) bond motifs is 5. The molecule has 2 bridgehead atoms. The number of likely N-dealkylation sites (tertiary alicyclic amines) is 1. The Morgan fingerprint density at radius 2 is 1.60 bits per heavy atom. The fraction of sp³-hybridized carbons (Fsp3) is 0.500. The van der Waals surface area contributed by atoms with Crippen LogP contribution in [0.5, 0.6) is 17.2 Å². The van der Waals surface area contributed by atoms with Gasteiger partial charge in [-0.2, -0.15) is 4.31 Å². The zero-order valence-electron chi connectivity index (χ0n) is 41.0. The largest absolute Gasteiger partial charge is 0.497 e. The molecule has 0 N–H and O–H groups in total. The predicted molar refractivity (Wildman–Crippen MR) is 281 cm³/mol. The van der Waals surface area contributed by atoms with Gasteiger partial charge in [0.2, 0.25) is 15.9 Å². The molecule has 376 valence electrons. The summed E-state index contributed by atoms with van der Waals surface area (Å²) in [6.45, 7) is 9.24. The maximum atomic E-state index is 18.2. The van der Waals surface area contributed by atoms with E-state index in [-0.39, 0.29) is 30.8 Å². The molecule has 4 aromatic carbocycles. The summed E-state index contributed by atoms with van der Waals surface area (Å²) in [5, 5.41) is -0.281. The van der Waals surface area contributed by atoms with Gasteiger partial charge in [0.05, 0.1) is 45.0 Å². The molecule has 5 aliphatic rings. The van der Waals surface area contributed by atoms with Crippen LogP contribution < -0.4 is 19.1 Å². The van der Waals surface area contributed by atoms with E-state index >= 15 is 9.18 Å². The summed E-state index contributed by atoms with van der Waals surface area (Å²) in [6.07, 6.45) is 5.73. The number of hydrogen-bond acceptors (Lipinski definition) is 10. The average molecular weight is 1110 g/mol. The number of amides is 1. The third kappa shape index (κ3) is 9.93. The molecule has 1 unspecified atom stereocenters.